The highest BCUT2D eigenvalue weighted by atomic mass is 16.5. The molecule has 2 nitrogen and oxygen atoms in total. The van der Waals surface area contributed by atoms with Gasteiger partial charge in [0.25, 0.3) is 0 Å². The van der Waals surface area contributed by atoms with Crippen LogP contribution < -0.4 is 4.74 Å². The average Bonchev–Trinajstić information content (AvgIpc) is 2.47. The van der Waals surface area contributed by atoms with E-state index >= 15 is 0 Å². The summed E-state index contributed by atoms with van der Waals surface area (Å²) in [4.78, 5) is 10.8. The van der Waals surface area contributed by atoms with Gasteiger partial charge >= 0.3 is 0 Å². The number of hydrogen-bond donors (Lipinski definition) is 0. The van der Waals surface area contributed by atoms with E-state index in [1.807, 2.05) is 42.5 Å². The molecule has 1 aliphatic rings. The maximum absolute atomic E-state index is 10.8. The standard InChI is InChI=1S/C16H12O2/c17-10-12-8-15-9-14(6-7-16(15)18-11-12)13-4-2-1-3-5-13/h1-10H,11H2. The van der Waals surface area contributed by atoms with Crippen LogP contribution in [0.1, 0.15) is 5.56 Å². The van der Waals surface area contributed by atoms with Crippen LogP contribution in [0.5, 0.6) is 5.75 Å². The quantitative estimate of drug-likeness (QED) is 0.747. The molecule has 0 amide bonds. The summed E-state index contributed by atoms with van der Waals surface area (Å²) in [5, 5.41) is 0. The molecule has 0 fully saturated rings. The number of carbonyl (C=O) groups is 1. The topological polar surface area (TPSA) is 26.3 Å². The molecular formula is C16H12O2. The van der Waals surface area contributed by atoms with E-state index < -0.39 is 0 Å². The third-order valence-electron chi connectivity index (χ3n) is 3.00. The third-order valence-corrected chi connectivity index (χ3v) is 3.00. The van der Waals surface area contributed by atoms with E-state index in [0.29, 0.717) is 12.2 Å². The van der Waals surface area contributed by atoms with Crippen molar-refractivity contribution >= 4 is 12.4 Å². The predicted molar refractivity (Wildman–Crippen MR) is 71.4 cm³/mol. The number of rotatable bonds is 2. The van der Waals surface area contributed by atoms with Crippen molar-refractivity contribution in [2.24, 2.45) is 0 Å². The molecule has 3 rings (SSSR count). The number of hydrogen-bond acceptors (Lipinski definition) is 2. The van der Waals surface area contributed by atoms with Gasteiger partial charge in [-0.05, 0) is 29.3 Å². The summed E-state index contributed by atoms with van der Waals surface area (Å²) in [6.45, 7) is 0.362. The van der Waals surface area contributed by atoms with E-state index in [0.717, 1.165) is 28.7 Å². The van der Waals surface area contributed by atoms with Gasteiger partial charge in [0.15, 0.2) is 0 Å². The molecule has 0 atom stereocenters. The summed E-state index contributed by atoms with van der Waals surface area (Å²) >= 11 is 0. The number of carbonyl (C=O) groups excluding carboxylic acids is 1. The van der Waals surface area contributed by atoms with Crippen LogP contribution in [0.3, 0.4) is 0 Å². The second-order valence-corrected chi connectivity index (χ2v) is 4.24. The van der Waals surface area contributed by atoms with E-state index in [1.165, 1.54) is 0 Å². The van der Waals surface area contributed by atoms with Gasteiger partial charge in [-0.2, -0.15) is 0 Å². The maximum atomic E-state index is 10.8. The molecule has 0 aliphatic carbocycles. The molecule has 2 aromatic rings. The Balaban J connectivity index is 2.07. The number of aldehydes is 1. The minimum Gasteiger partial charge on any atom is -0.488 e. The minimum atomic E-state index is 0.362. The Kier molecular flexibility index (Phi) is 2.69. The molecule has 18 heavy (non-hydrogen) atoms. The summed E-state index contributed by atoms with van der Waals surface area (Å²) in [5.74, 6) is 0.834. The molecule has 0 spiro atoms. The zero-order chi connectivity index (χ0) is 12.4. The van der Waals surface area contributed by atoms with Crippen LogP contribution in [-0.2, 0) is 4.79 Å². The first-order valence-electron chi connectivity index (χ1n) is 5.85. The summed E-state index contributed by atoms with van der Waals surface area (Å²) in [6.07, 6.45) is 2.73. The second kappa shape index (κ2) is 4.49. The van der Waals surface area contributed by atoms with Crippen LogP contribution in [0.15, 0.2) is 54.1 Å². The molecule has 0 N–H and O–H groups in total. The lowest BCUT2D eigenvalue weighted by Gasteiger charge is -2.16. The summed E-state index contributed by atoms with van der Waals surface area (Å²) in [7, 11) is 0. The monoisotopic (exact) mass is 236 g/mol. The van der Waals surface area contributed by atoms with E-state index in [2.05, 4.69) is 12.1 Å². The van der Waals surface area contributed by atoms with Gasteiger partial charge in [-0.3, -0.25) is 4.79 Å². The number of benzene rings is 2. The Morgan fingerprint density at radius 3 is 2.61 bits per heavy atom. The van der Waals surface area contributed by atoms with Crippen molar-refractivity contribution in [3.8, 4) is 16.9 Å². The van der Waals surface area contributed by atoms with Gasteiger partial charge in [0.1, 0.15) is 18.6 Å². The van der Waals surface area contributed by atoms with Gasteiger partial charge in [-0.25, -0.2) is 0 Å². The van der Waals surface area contributed by atoms with E-state index in [4.69, 9.17) is 4.74 Å². The van der Waals surface area contributed by atoms with Crippen molar-refractivity contribution in [1.29, 1.82) is 0 Å². The van der Waals surface area contributed by atoms with Crippen LogP contribution in [0.2, 0.25) is 0 Å². The fourth-order valence-corrected chi connectivity index (χ4v) is 2.07. The van der Waals surface area contributed by atoms with Crippen LogP contribution in [0.4, 0.5) is 0 Å². The Hall–Kier alpha value is -2.35. The van der Waals surface area contributed by atoms with Crippen LogP contribution in [-0.4, -0.2) is 12.9 Å². The van der Waals surface area contributed by atoms with Gasteiger partial charge in [0.2, 0.25) is 0 Å². The molecule has 1 aliphatic heterocycles. The number of fused-ring (bicyclic) bond motifs is 1. The first-order chi connectivity index (χ1) is 8.86. The van der Waals surface area contributed by atoms with Gasteiger partial charge in [0, 0.05) is 11.1 Å². The lowest BCUT2D eigenvalue weighted by Crippen LogP contribution is -2.07. The predicted octanol–water partition coefficient (Wildman–Crippen LogP) is 3.33. The highest BCUT2D eigenvalue weighted by Gasteiger charge is 2.11. The minimum absolute atomic E-state index is 0.362. The molecule has 0 bridgehead atoms. The van der Waals surface area contributed by atoms with Gasteiger partial charge in [-0.15, -0.1) is 0 Å². The zero-order valence-corrected chi connectivity index (χ0v) is 9.80. The smallest absolute Gasteiger partial charge is 0.149 e. The third kappa shape index (κ3) is 1.93. The molecule has 0 saturated carbocycles. The molecule has 0 saturated heterocycles. The normalized spacial score (nSPS) is 13.2. The van der Waals surface area contributed by atoms with Crippen molar-refractivity contribution in [2.75, 3.05) is 6.61 Å². The van der Waals surface area contributed by atoms with Crippen LogP contribution in [0, 0.1) is 0 Å². The average molecular weight is 236 g/mol. The molecule has 0 unspecified atom stereocenters. The Bertz CT molecular complexity index is 612. The second-order valence-electron chi connectivity index (χ2n) is 4.24. The summed E-state index contributed by atoms with van der Waals surface area (Å²) in [6, 6.07) is 16.2. The van der Waals surface area contributed by atoms with Gasteiger partial charge in [0.05, 0.1) is 0 Å². The van der Waals surface area contributed by atoms with E-state index in [1.54, 1.807) is 0 Å². The van der Waals surface area contributed by atoms with Crippen molar-refractivity contribution in [1.82, 2.24) is 0 Å². The van der Waals surface area contributed by atoms with Crippen LogP contribution >= 0.6 is 0 Å². The van der Waals surface area contributed by atoms with Gasteiger partial charge in [-0.1, -0.05) is 36.4 Å². The van der Waals surface area contributed by atoms with Crippen LogP contribution in [0.25, 0.3) is 17.2 Å². The molecule has 1 heterocycles. The lowest BCUT2D eigenvalue weighted by atomic mass is 10.0. The van der Waals surface area contributed by atoms with E-state index in [9.17, 15) is 4.79 Å². The fourth-order valence-electron chi connectivity index (χ4n) is 2.07. The lowest BCUT2D eigenvalue weighted by molar-refractivity contribution is -0.105. The highest BCUT2D eigenvalue weighted by Crippen LogP contribution is 2.30. The van der Waals surface area contributed by atoms with Crippen molar-refractivity contribution < 1.29 is 9.53 Å². The zero-order valence-electron chi connectivity index (χ0n) is 9.80. The fraction of sp³-hybridized carbons (Fsp3) is 0.0625. The van der Waals surface area contributed by atoms with Gasteiger partial charge < -0.3 is 4.74 Å². The first kappa shape index (κ1) is 10.8. The molecular weight excluding hydrogens is 224 g/mol. The van der Waals surface area contributed by atoms with E-state index in [-0.39, 0.29) is 0 Å². The molecule has 2 heteroatoms. The summed E-state index contributed by atoms with van der Waals surface area (Å²) in [5.41, 5.74) is 3.92. The Morgan fingerprint density at radius 1 is 1.00 bits per heavy atom. The van der Waals surface area contributed by atoms with Crippen molar-refractivity contribution in [2.45, 2.75) is 0 Å². The molecule has 0 aromatic heterocycles. The summed E-state index contributed by atoms with van der Waals surface area (Å²) < 4.78 is 5.52. The number of ether oxygens (including phenoxy) is 1. The maximum Gasteiger partial charge on any atom is 0.149 e. The molecule has 2 aromatic carbocycles. The Morgan fingerprint density at radius 2 is 1.83 bits per heavy atom. The van der Waals surface area contributed by atoms with Crippen molar-refractivity contribution in [3.63, 3.8) is 0 Å². The van der Waals surface area contributed by atoms with Crippen molar-refractivity contribution in [3.05, 3.63) is 59.7 Å². The Labute approximate surface area is 106 Å². The SMILES string of the molecule is O=CC1=Cc2cc(-c3ccccc3)ccc2OC1. The molecule has 88 valence electrons. The highest BCUT2D eigenvalue weighted by molar-refractivity contribution is 5.85. The first-order valence-corrected chi connectivity index (χ1v) is 5.85. The largest absolute Gasteiger partial charge is 0.488 e. The molecule has 0 radical (unpaired) electrons.